The SMILES string of the molecule is CC.CC1CC2CC(C1)CC(C)(C/C=C1\CC(COC=O)OC1=O)C2.CO.Cc1ccc(C)cc1.Cc1ccc2oc(CC3(C)CCC3)cc2c1. The van der Waals surface area contributed by atoms with Crippen LogP contribution in [0, 0.1) is 49.4 Å². The highest BCUT2D eigenvalue weighted by Gasteiger charge is 2.41. The molecule has 3 saturated carbocycles. The summed E-state index contributed by atoms with van der Waals surface area (Å²) in [4.78, 5) is 22.2. The molecule has 3 aromatic rings. The molecule has 0 radical (unpaired) electrons. The summed E-state index contributed by atoms with van der Waals surface area (Å²) in [5.74, 6) is 3.53. The van der Waals surface area contributed by atoms with Gasteiger partial charge in [-0.1, -0.05) is 94.1 Å². The highest BCUT2D eigenvalue weighted by atomic mass is 16.6. The normalized spacial score (nSPS) is 26.3. The van der Waals surface area contributed by atoms with Crippen molar-refractivity contribution < 1.29 is 28.6 Å². The van der Waals surface area contributed by atoms with Gasteiger partial charge in [0.2, 0.25) is 0 Å². The van der Waals surface area contributed by atoms with E-state index in [2.05, 4.69) is 96.1 Å². The van der Waals surface area contributed by atoms with Crippen LogP contribution >= 0.6 is 0 Å². The third kappa shape index (κ3) is 13.0. The predicted octanol–water partition coefficient (Wildman–Crippen LogP) is 11.1. The van der Waals surface area contributed by atoms with Crippen molar-refractivity contribution in [2.24, 2.45) is 28.6 Å². The third-order valence-corrected chi connectivity index (χ3v) is 11.0. The maximum Gasteiger partial charge on any atom is 0.334 e. The van der Waals surface area contributed by atoms with E-state index in [4.69, 9.17) is 19.0 Å². The molecule has 282 valence electrons. The Bertz CT molecular complexity index is 1490. The highest BCUT2D eigenvalue weighted by Crippen LogP contribution is 2.52. The Balaban J connectivity index is 0.000000217. The number of esters is 1. The first kappa shape index (κ1) is 42.0. The minimum atomic E-state index is -0.307. The summed E-state index contributed by atoms with van der Waals surface area (Å²) in [6, 6.07) is 17.1. The standard InChI is InChI=1S/C19H28O4.C15H18O.C8H10.C2H6.CH4O/c1-13-5-14-7-15(6-13)10-19(2,9-14)4-3-16-8-17(11-22-12-20)23-18(16)21;1-11-4-5-14-12(8-11)9-13(16-14)10-15(2)6-3-7-15;1-7-3-5-8(2)6-4-7;2*1-2/h3,12-15,17H,4-11H2,1-2H3;4-5,8-9H,3,6-7,10H2,1-2H3;3-6H,1-2H3;1-2H3;2H,1H3/b16-3+;;;;. The summed E-state index contributed by atoms with van der Waals surface area (Å²) in [5, 5.41) is 8.25. The van der Waals surface area contributed by atoms with Crippen LogP contribution in [0.5, 0.6) is 0 Å². The van der Waals surface area contributed by atoms with Gasteiger partial charge >= 0.3 is 5.97 Å². The van der Waals surface area contributed by atoms with Crippen molar-refractivity contribution in [1.82, 2.24) is 0 Å². The molecule has 1 aliphatic heterocycles. The molecule has 0 amide bonds. The number of rotatable bonds is 7. The Morgan fingerprint density at radius 1 is 0.863 bits per heavy atom. The summed E-state index contributed by atoms with van der Waals surface area (Å²) >= 11 is 0. The molecule has 4 fully saturated rings. The number of fused-ring (bicyclic) bond motifs is 3. The van der Waals surface area contributed by atoms with E-state index in [1.807, 2.05) is 13.8 Å². The van der Waals surface area contributed by atoms with Crippen LogP contribution in [0.1, 0.15) is 121 Å². The minimum Gasteiger partial charge on any atom is -0.464 e. The molecule has 1 N–H and O–H groups in total. The zero-order valence-electron chi connectivity index (χ0n) is 33.1. The van der Waals surface area contributed by atoms with Crippen molar-refractivity contribution in [2.75, 3.05) is 13.7 Å². The molecule has 3 unspecified atom stereocenters. The van der Waals surface area contributed by atoms with Crippen molar-refractivity contribution in [1.29, 1.82) is 0 Å². The number of aliphatic hydroxyl groups excluding tert-OH is 1. The lowest BCUT2D eigenvalue weighted by Crippen LogP contribution is -2.35. The molecule has 7 rings (SSSR count). The molecule has 3 aliphatic carbocycles. The second-order valence-electron chi connectivity index (χ2n) is 16.1. The number of cyclic esters (lactones) is 1. The Kier molecular flexibility index (Phi) is 16.5. The highest BCUT2D eigenvalue weighted by molar-refractivity contribution is 5.90. The lowest BCUT2D eigenvalue weighted by Gasteiger charge is -2.47. The average Bonchev–Trinajstić information content (AvgIpc) is 3.66. The topological polar surface area (TPSA) is 86.0 Å². The predicted molar refractivity (Wildman–Crippen MR) is 209 cm³/mol. The van der Waals surface area contributed by atoms with E-state index in [1.165, 1.54) is 73.4 Å². The average molecular weight is 703 g/mol. The van der Waals surface area contributed by atoms with Crippen molar-refractivity contribution in [3.8, 4) is 0 Å². The Labute approximate surface area is 308 Å². The molecule has 0 spiro atoms. The van der Waals surface area contributed by atoms with Gasteiger partial charge in [0.15, 0.2) is 0 Å². The first-order valence-corrected chi connectivity index (χ1v) is 19.3. The smallest absolute Gasteiger partial charge is 0.334 e. The maximum atomic E-state index is 11.9. The van der Waals surface area contributed by atoms with Gasteiger partial charge in [-0.25, -0.2) is 4.79 Å². The van der Waals surface area contributed by atoms with Gasteiger partial charge < -0.3 is 19.0 Å². The monoisotopic (exact) mass is 702 g/mol. The van der Waals surface area contributed by atoms with E-state index in [0.29, 0.717) is 23.7 Å². The molecule has 6 nitrogen and oxygen atoms in total. The quantitative estimate of drug-likeness (QED) is 0.150. The second kappa shape index (κ2) is 20.0. The van der Waals surface area contributed by atoms with Gasteiger partial charge in [-0.15, -0.1) is 0 Å². The van der Waals surface area contributed by atoms with E-state index >= 15 is 0 Å². The van der Waals surface area contributed by atoms with Crippen molar-refractivity contribution in [3.05, 3.63) is 82.6 Å². The van der Waals surface area contributed by atoms with Gasteiger partial charge in [-0.3, -0.25) is 4.79 Å². The minimum absolute atomic E-state index is 0.159. The van der Waals surface area contributed by atoms with Gasteiger partial charge in [-0.2, -0.15) is 0 Å². The van der Waals surface area contributed by atoms with E-state index in [1.54, 1.807) is 0 Å². The van der Waals surface area contributed by atoms with E-state index in [0.717, 1.165) is 54.6 Å². The van der Waals surface area contributed by atoms with Crippen molar-refractivity contribution in [3.63, 3.8) is 0 Å². The molecular weight excluding hydrogens is 636 g/mol. The summed E-state index contributed by atoms with van der Waals surface area (Å²) in [6.07, 6.45) is 15.2. The summed E-state index contributed by atoms with van der Waals surface area (Å²) in [5.41, 5.74) is 6.57. The summed E-state index contributed by atoms with van der Waals surface area (Å²) in [7, 11) is 1.00. The largest absolute Gasteiger partial charge is 0.464 e. The van der Waals surface area contributed by atoms with Gasteiger partial charge in [0.05, 0.1) is 0 Å². The van der Waals surface area contributed by atoms with Gasteiger partial charge in [0.1, 0.15) is 24.1 Å². The van der Waals surface area contributed by atoms with Crippen molar-refractivity contribution >= 4 is 23.4 Å². The Hall–Kier alpha value is -3.38. The zero-order valence-corrected chi connectivity index (χ0v) is 33.1. The number of aliphatic hydroxyl groups is 1. The first-order valence-electron chi connectivity index (χ1n) is 19.3. The molecule has 1 aromatic heterocycles. The fourth-order valence-electron chi connectivity index (χ4n) is 8.57. The van der Waals surface area contributed by atoms with Crippen LogP contribution < -0.4 is 0 Å². The van der Waals surface area contributed by atoms with Crippen LogP contribution in [-0.4, -0.2) is 37.4 Å². The molecule has 6 heteroatoms. The second-order valence-corrected chi connectivity index (χ2v) is 16.1. The van der Waals surface area contributed by atoms with Gasteiger partial charge in [0, 0.05) is 30.9 Å². The van der Waals surface area contributed by atoms with Crippen LogP contribution in [-0.2, 0) is 25.5 Å². The molecule has 2 bridgehead atoms. The molecule has 1 saturated heterocycles. The van der Waals surface area contributed by atoms with Crippen LogP contribution in [0.4, 0.5) is 0 Å². The molecule has 2 heterocycles. The number of hydrogen-bond acceptors (Lipinski definition) is 6. The molecule has 3 atom stereocenters. The van der Waals surface area contributed by atoms with Crippen LogP contribution in [0.15, 0.2) is 64.6 Å². The fraction of sp³-hybridized carbons (Fsp3) is 0.600. The van der Waals surface area contributed by atoms with Crippen molar-refractivity contribution in [2.45, 2.75) is 132 Å². The fourth-order valence-corrected chi connectivity index (χ4v) is 8.57. The lowest BCUT2D eigenvalue weighted by molar-refractivity contribution is -0.144. The number of benzene rings is 2. The van der Waals surface area contributed by atoms with Crippen LogP contribution in [0.3, 0.4) is 0 Å². The summed E-state index contributed by atoms with van der Waals surface area (Å²) in [6.45, 7) is 18.0. The van der Waals surface area contributed by atoms with Crippen LogP contribution in [0.2, 0.25) is 0 Å². The molecule has 51 heavy (non-hydrogen) atoms. The number of hydrogen-bond donors (Lipinski definition) is 1. The lowest BCUT2D eigenvalue weighted by atomic mass is 9.58. The number of carbonyl (C=O) groups excluding carboxylic acids is 2. The molecular formula is C45H66O6. The summed E-state index contributed by atoms with van der Waals surface area (Å²) < 4.78 is 15.8. The Morgan fingerprint density at radius 2 is 1.45 bits per heavy atom. The van der Waals surface area contributed by atoms with E-state index in [9.17, 15) is 9.59 Å². The first-order chi connectivity index (χ1) is 24.4. The van der Waals surface area contributed by atoms with E-state index < -0.39 is 0 Å². The molecule has 2 aromatic carbocycles. The third-order valence-electron chi connectivity index (χ3n) is 11.0. The van der Waals surface area contributed by atoms with Gasteiger partial charge in [0.25, 0.3) is 6.47 Å². The number of aryl methyl sites for hydroxylation is 3. The number of ether oxygens (including phenoxy) is 2. The number of allylic oxidation sites excluding steroid dienone is 1. The number of carbonyl (C=O) groups is 2. The van der Waals surface area contributed by atoms with Crippen LogP contribution in [0.25, 0.3) is 11.0 Å². The van der Waals surface area contributed by atoms with E-state index in [-0.39, 0.29) is 18.7 Å². The molecule has 4 aliphatic rings. The number of furan rings is 1. The zero-order chi connectivity index (χ0) is 37.6. The van der Waals surface area contributed by atoms with Gasteiger partial charge in [-0.05, 0) is 119 Å². The maximum absolute atomic E-state index is 11.9. The Morgan fingerprint density at radius 3 is 2.00 bits per heavy atom.